The van der Waals surface area contributed by atoms with Crippen LogP contribution in [0.2, 0.25) is 0 Å². The molecule has 2 rings (SSSR count). The van der Waals surface area contributed by atoms with E-state index < -0.39 is 11.7 Å². The quantitative estimate of drug-likeness (QED) is 0.647. The number of urea groups is 1. The first kappa shape index (κ1) is 20.0. The van der Waals surface area contributed by atoms with E-state index in [1.807, 2.05) is 45.0 Å². The second-order valence-corrected chi connectivity index (χ2v) is 7.53. The number of ether oxygens (including phenoxy) is 1. The molecule has 26 heavy (non-hydrogen) atoms. The third-order valence-corrected chi connectivity index (χ3v) is 3.95. The Kier molecular flexibility index (Phi) is 7.26. The van der Waals surface area contributed by atoms with Gasteiger partial charge in [0, 0.05) is 19.1 Å². The van der Waals surface area contributed by atoms with Gasteiger partial charge >= 0.3 is 12.1 Å². The average Bonchev–Trinajstić information content (AvgIpc) is 2.58. The highest BCUT2D eigenvalue weighted by Crippen LogP contribution is 2.08. The van der Waals surface area contributed by atoms with Crippen molar-refractivity contribution in [2.75, 3.05) is 13.1 Å². The first-order chi connectivity index (χ1) is 12.3. The standard InChI is InChI=1S/C19H30N4O3/c1-19(2,3)26-18(25)22-13-15-6-4-5-14(11-15)12-21-17(24)23-16-7-9-20-10-8-16/h4-6,11,16,20H,7-10,12-13H2,1-3H3,(H,22,25)(H2,21,23,24). The zero-order valence-electron chi connectivity index (χ0n) is 15.9. The molecule has 1 fully saturated rings. The molecule has 144 valence electrons. The molecule has 0 aliphatic carbocycles. The van der Waals surface area contributed by atoms with Crippen LogP contribution in [0, 0.1) is 0 Å². The van der Waals surface area contributed by atoms with E-state index in [1.165, 1.54) is 0 Å². The summed E-state index contributed by atoms with van der Waals surface area (Å²) in [7, 11) is 0. The van der Waals surface area contributed by atoms with Gasteiger partial charge in [0.25, 0.3) is 0 Å². The van der Waals surface area contributed by atoms with Gasteiger partial charge in [-0.2, -0.15) is 0 Å². The Morgan fingerprint density at radius 2 is 1.73 bits per heavy atom. The van der Waals surface area contributed by atoms with Crippen LogP contribution in [0.15, 0.2) is 24.3 Å². The Labute approximate surface area is 155 Å². The van der Waals surface area contributed by atoms with E-state index in [2.05, 4.69) is 21.3 Å². The smallest absolute Gasteiger partial charge is 0.407 e. The number of nitrogens with one attached hydrogen (secondary N) is 4. The van der Waals surface area contributed by atoms with E-state index in [-0.39, 0.29) is 12.1 Å². The number of alkyl carbamates (subject to hydrolysis) is 1. The van der Waals surface area contributed by atoms with E-state index in [1.54, 1.807) is 0 Å². The van der Waals surface area contributed by atoms with Crippen LogP contribution < -0.4 is 21.3 Å². The molecule has 0 spiro atoms. The summed E-state index contributed by atoms with van der Waals surface area (Å²) in [6, 6.07) is 7.84. The number of rotatable bonds is 5. The molecule has 7 nitrogen and oxygen atoms in total. The molecule has 3 amide bonds. The summed E-state index contributed by atoms with van der Waals surface area (Å²) in [4.78, 5) is 23.7. The molecule has 1 aliphatic heterocycles. The fourth-order valence-corrected chi connectivity index (χ4v) is 2.72. The molecule has 1 aliphatic rings. The van der Waals surface area contributed by atoms with Gasteiger partial charge in [0.15, 0.2) is 0 Å². The summed E-state index contributed by atoms with van der Waals surface area (Å²) in [5.74, 6) is 0. The van der Waals surface area contributed by atoms with Crippen LogP contribution in [0.4, 0.5) is 9.59 Å². The fourth-order valence-electron chi connectivity index (χ4n) is 2.72. The molecule has 1 aromatic rings. The van der Waals surface area contributed by atoms with E-state index >= 15 is 0 Å². The molecule has 0 unspecified atom stereocenters. The summed E-state index contributed by atoms with van der Waals surface area (Å²) in [6.07, 6.45) is 1.47. The number of amides is 3. The van der Waals surface area contributed by atoms with Gasteiger partial charge in [-0.05, 0) is 57.8 Å². The first-order valence-electron chi connectivity index (χ1n) is 9.11. The van der Waals surface area contributed by atoms with Crippen molar-refractivity contribution in [3.63, 3.8) is 0 Å². The molecule has 0 radical (unpaired) electrons. The summed E-state index contributed by atoms with van der Waals surface area (Å²) >= 11 is 0. The SMILES string of the molecule is CC(C)(C)OC(=O)NCc1cccc(CNC(=O)NC2CCNCC2)c1. The Hall–Kier alpha value is -2.28. The van der Waals surface area contributed by atoms with E-state index in [0.717, 1.165) is 37.1 Å². The normalized spacial score (nSPS) is 15.2. The van der Waals surface area contributed by atoms with Crippen LogP contribution in [-0.2, 0) is 17.8 Å². The van der Waals surface area contributed by atoms with Gasteiger partial charge in [-0.3, -0.25) is 0 Å². The van der Waals surface area contributed by atoms with Crippen molar-refractivity contribution in [3.8, 4) is 0 Å². The number of hydrogen-bond acceptors (Lipinski definition) is 4. The first-order valence-corrected chi connectivity index (χ1v) is 9.11. The molecule has 1 saturated heterocycles. The molecule has 0 aromatic heterocycles. The van der Waals surface area contributed by atoms with Crippen LogP contribution in [-0.4, -0.2) is 36.9 Å². The predicted molar refractivity (Wildman–Crippen MR) is 101 cm³/mol. The largest absolute Gasteiger partial charge is 0.444 e. The van der Waals surface area contributed by atoms with Crippen molar-refractivity contribution in [2.45, 2.75) is 58.3 Å². The molecule has 1 heterocycles. The van der Waals surface area contributed by atoms with Crippen LogP contribution in [0.25, 0.3) is 0 Å². The highest BCUT2D eigenvalue weighted by molar-refractivity contribution is 5.74. The third-order valence-electron chi connectivity index (χ3n) is 3.95. The minimum absolute atomic E-state index is 0.144. The molecular formula is C19H30N4O3. The fraction of sp³-hybridized carbons (Fsp3) is 0.579. The summed E-state index contributed by atoms with van der Waals surface area (Å²) < 4.78 is 5.22. The molecular weight excluding hydrogens is 332 g/mol. The maximum absolute atomic E-state index is 12.0. The van der Waals surface area contributed by atoms with Crippen molar-refractivity contribution >= 4 is 12.1 Å². The van der Waals surface area contributed by atoms with Crippen molar-refractivity contribution in [2.24, 2.45) is 0 Å². The van der Waals surface area contributed by atoms with Gasteiger partial charge in [-0.1, -0.05) is 24.3 Å². The lowest BCUT2D eigenvalue weighted by Gasteiger charge is -2.23. The molecule has 0 saturated carbocycles. The summed E-state index contributed by atoms with van der Waals surface area (Å²) in [6.45, 7) is 8.19. The minimum atomic E-state index is -0.516. The van der Waals surface area contributed by atoms with Gasteiger partial charge in [0.2, 0.25) is 0 Å². The second-order valence-electron chi connectivity index (χ2n) is 7.53. The minimum Gasteiger partial charge on any atom is -0.444 e. The Morgan fingerprint density at radius 1 is 1.12 bits per heavy atom. The van der Waals surface area contributed by atoms with Gasteiger partial charge < -0.3 is 26.0 Å². The number of benzene rings is 1. The van der Waals surface area contributed by atoms with Crippen LogP contribution in [0.5, 0.6) is 0 Å². The third kappa shape index (κ3) is 7.74. The molecule has 7 heteroatoms. The van der Waals surface area contributed by atoms with Crippen LogP contribution in [0.1, 0.15) is 44.7 Å². The second kappa shape index (κ2) is 9.43. The summed E-state index contributed by atoms with van der Waals surface area (Å²) in [5, 5.41) is 11.9. The maximum Gasteiger partial charge on any atom is 0.407 e. The van der Waals surface area contributed by atoms with Crippen molar-refractivity contribution in [1.29, 1.82) is 0 Å². The van der Waals surface area contributed by atoms with Crippen LogP contribution in [0.3, 0.4) is 0 Å². The van der Waals surface area contributed by atoms with Gasteiger partial charge in [0.05, 0.1) is 0 Å². The van der Waals surface area contributed by atoms with Gasteiger partial charge in [-0.15, -0.1) is 0 Å². The Balaban J connectivity index is 1.75. The lowest BCUT2D eigenvalue weighted by Crippen LogP contribution is -2.46. The predicted octanol–water partition coefficient (Wildman–Crippen LogP) is 2.26. The lowest BCUT2D eigenvalue weighted by molar-refractivity contribution is 0.0523. The zero-order chi connectivity index (χ0) is 19.0. The van der Waals surface area contributed by atoms with Crippen LogP contribution >= 0.6 is 0 Å². The highest BCUT2D eigenvalue weighted by atomic mass is 16.6. The number of carbonyl (C=O) groups is 2. The highest BCUT2D eigenvalue weighted by Gasteiger charge is 2.16. The molecule has 0 bridgehead atoms. The lowest BCUT2D eigenvalue weighted by atomic mass is 10.1. The monoisotopic (exact) mass is 362 g/mol. The Bertz CT molecular complexity index is 607. The molecule has 0 atom stereocenters. The van der Waals surface area contributed by atoms with Crippen molar-refractivity contribution < 1.29 is 14.3 Å². The van der Waals surface area contributed by atoms with E-state index in [9.17, 15) is 9.59 Å². The number of piperidine rings is 1. The average molecular weight is 362 g/mol. The maximum atomic E-state index is 12.0. The number of hydrogen-bond donors (Lipinski definition) is 4. The Morgan fingerprint density at radius 3 is 2.35 bits per heavy atom. The van der Waals surface area contributed by atoms with E-state index in [4.69, 9.17) is 4.74 Å². The van der Waals surface area contributed by atoms with Crippen molar-refractivity contribution in [1.82, 2.24) is 21.3 Å². The molecule has 1 aromatic carbocycles. The van der Waals surface area contributed by atoms with Gasteiger partial charge in [-0.25, -0.2) is 9.59 Å². The number of carbonyl (C=O) groups excluding carboxylic acids is 2. The van der Waals surface area contributed by atoms with Crippen molar-refractivity contribution in [3.05, 3.63) is 35.4 Å². The topological polar surface area (TPSA) is 91.5 Å². The summed E-state index contributed by atoms with van der Waals surface area (Å²) in [5.41, 5.74) is 1.42. The van der Waals surface area contributed by atoms with Gasteiger partial charge in [0.1, 0.15) is 5.60 Å². The molecule has 4 N–H and O–H groups in total. The zero-order valence-corrected chi connectivity index (χ0v) is 15.9. The van der Waals surface area contributed by atoms with E-state index in [0.29, 0.717) is 13.1 Å².